The van der Waals surface area contributed by atoms with Gasteiger partial charge in [-0.05, 0) is 95.1 Å². The number of nitrogens with zero attached hydrogens (tertiary/aromatic N) is 2. The summed E-state index contributed by atoms with van der Waals surface area (Å²) in [6.45, 7) is 2.96. The van der Waals surface area contributed by atoms with E-state index in [0.29, 0.717) is 41.1 Å². The molecule has 0 aliphatic carbocycles. The second-order valence-electron chi connectivity index (χ2n) is 10.6. The molecule has 0 aliphatic rings. The van der Waals surface area contributed by atoms with Crippen molar-refractivity contribution in [2.45, 2.75) is 39.0 Å². The molecule has 0 radical (unpaired) electrons. The van der Waals surface area contributed by atoms with Crippen molar-refractivity contribution in [3.63, 3.8) is 0 Å². The van der Waals surface area contributed by atoms with Crippen LogP contribution in [0.1, 0.15) is 44.6 Å². The minimum atomic E-state index is -1.34. The second kappa shape index (κ2) is 17.0. The Labute approximate surface area is 278 Å². The van der Waals surface area contributed by atoms with Crippen molar-refractivity contribution in [3.8, 4) is 17.2 Å². The Bertz CT molecular complexity index is 1660. The van der Waals surface area contributed by atoms with Gasteiger partial charge in [0.05, 0.1) is 23.6 Å². The number of aliphatic carboxylic acids is 1. The second-order valence-corrected chi connectivity index (χ2v) is 11.5. The first kappa shape index (κ1) is 35.6. The third kappa shape index (κ3) is 10.0. The Balaban J connectivity index is 0.00000552. The number of hydrogen-bond donors (Lipinski definition) is 1. The molecule has 226 valence electrons. The molecule has 0 bridgehead atoms. The van der Waals surface area contributed by atoms with Gasteiger partial charge in [-0.1, -0.05) is 42.5 Å². The molecule has 45 heavy (non-hydrogen) atoms. The number of halogens is 2. The van der Waals surface area contributed by atoms with Gasteiger partial charge in [0.25, 0.3) is 5.91 Å². The summed E-state index contributed by atoms with van der Waals surface area (Å²) in [5.74, 6) is -2.64. The van der Waals surface area contributed by atoms with Crippen LogP contribution in [0.15, 0.2) is 84.9 Å². The molecule has 4 aromatic carbocycles. The van der Waals surface area contributed by atoms with Crippen molar-refractivity contribution in [1.82, 2.24) is 10.2 Å². The van der Waals surface area contributed by atoms with E-state index in [0.717, 1.165) is 28.3 Å². The summed E-state index contributed by atoms with van der Waals surface area (Å²) >= 11 is 1.48. The summed E-state index contributed by atoms with van der Waals surface area (Å²) in [7, 11) is 0. The zero-order valence-corrected chi connectivity index (χ0v) is 26.3. The fraction of sp³-hybridized carbons (Fsp3) is 0.229. The molecule has 0 spiro atoms. The molecule has 4 aromatic rings. The summed E-state index contributed by atoms with van der Waals surface area (Å²) in [4.78, 5) is 27.2. The van der Waals surface area contributed by atoms with E-state index in [1.54, 1.807) is 24.3 Å². The zero-order chi connectivity index (χ0) is 31.6. The Hall–Kier alpha value is -3.92. The predicted molar refractivity (Wildman–Crippen MR) is 166 cm³/mol. The van der Waals surface area contributed by atoms with Crippen LogP contribution in [-0.4, -0.2) is 34.8 Å². The maximum absolute atomic E-state index is 14.1. The third-order valence-corrected chi connectivity index (χ3v) is 7.83. The molecular weight excluding hydrogens is 587 g/mol. The monoisotopic (exact) mass is 619 g/mol. The van der Waals surface area contributed by atoms with E-state index in [-0.39, 0.29) is 31.8 Å². The number of aryl methyl sites for hydroxylation is 1. The molecule has 0 fully saturated rings. The number of nitrogens with one attached hydrogen (secondary N) is 1. The molecule has 1 N–H and O–H groups in total. The van der Waals surface area contributed by atoms with Crippen LogP contribution in [0.4, 0.5) is 8.78 Å². The zero-order valence-electron chi connectivity index (χ0n) is 25.5. The molecule has 0 aliphatic heterocycles. The summed E-state index contributed by atoms with van der Waals surface area (Å²) in [5.41, 5.74) is 5.45. The van der Waals surface area contributed by atoms with E-state index in [1.165, 1.54) is 23.9 Å². The topological polar surface area (TPSA) is 96.3 Å². The fourth-order valence-electron chi connectivity index (χ4n) is 5.04. The molecule has 0 aromatic heterocycles. The van der Waals surface area contributed by atoms with E-state index >= 15 is 0 Å². The molecule has 0 saturated carbocycles. The minimum absolute atomic E-state index is 0. The Morgan fingerprint density at radius 2 is 1.51 bits per heavy atom. The summed E-state index contributed by atoms with van der Waals surface area (Å²) in [6, 6.07) is 24.5. The van der Waals surface area contributed by atoms with E-state index < -0.39 is 29.6 Å². The number of carboxylic acid groups (broad SMARTS) is 1. The number of amides is 1. The number of carboxylic acids is 1. The van der Waals surface area contributed by atoms with E-state index in [9.17, 15) is 28.7 Å². The van der Waals surface area contributed by atoms with Crippen LogP contribution in [0.5, 0.6) is 0 Å². The van der Waals surface area contributed by atoms with E-state index in [1.807, 2.05) is 60.5 Å². The third-order valence-electron chi connectivity index (χ3n) is 7.19. The number of benzene rings is 4. The van der Waals surface area contributed by atoms with Crippen LogP contribution in [-0.2, 0) is 24.4 Å². The van der Waals surface area contributed by atoms with Gasteiger partial charge in [-0.2, -0.15) is 17.0 Å². The summed E-state index contributed by atoms with van der Waals surface area (Å²) < 4.78 is 28.1. The van der Waals surface area contributed by atoms with Gasteiger partial charge in [-0.25, -0.2) is 8.78 Å². The van der Waals surface area contributed by atoms with Crippen molar-refractivity contribution in [2.75, 3.05) is 12.0 Å². The smallest absolute Gasteiger partial charge is 0.548 e. The number of thioether (sulfide) groups is 1. The van der Waals surface area contributed by atoms with E-state index in [2.05, 4.69) is 11.4 Å². The number of rotatable bonds is 13. The minimum Gasteiger partial charge on any atom is -0.548 e. The molecule has 1 amide bonds. The largest absolute Gasteiger partial charge is 1.00 e. The molecule has 1 atom stereocenters. The Kier molecular flexibility index (Phi) is 13.4. The number of carbonyl (C=O) groups is 2. The maximum atomic E-state index is 14.1. The normalized spacial score (nSPS) is 11.4. The predicted octanol–water partition coefficient (Wildman–Crippen LogP) is 2.62. The van der Waals surface area contributed by atoms with Crippen LogP contribution in [0.2, 0.25) is 0 Å². The number of nitriles is 1. The summed E-state index contributed by atoms with van der Waals surface area (Å²) in [5, 5.41) is 23.5. The standard InChI is InChI=1S/C35H33F2N3O3S.Li/c1-23-5-3-4-6-30(23)32-17-26(11-12-31(32)34(41)39-33(35(42)43)13-14-44-2)21-40(20-25-9-7-24(19-38)8-10-25)22-27-15-28(36)18-29(37)16-27;/h3-12,15-18,33H,13-14,20-22H2,1-2H3,(H,39,41)(H,42,43);/q;+1/p-1/t33-;/m0./s1. The molecule has 10 heteroatoms. The van der Waals surface area contributed by atoms with Crippen molar-refractivity contribution in [1.29, 1.82) is 5.26 Å². The van der Waals surface area contributed by atoms with Gasteiger partial charge in [0.1, 0.15) is 11.6 Å². The molecule has 4 rings (SSSR count). The van der Waals surface area contributed by atoms with Crippen molar-refractivity contribution in [3.05, 3.63) is 130 Å². The van der Waals surface area contributed by atoms with Gasteiger partial charge in [0.2, 0.25) is 0 Å². The van der Waals surface area contributed by atoms with Gasteiger partial charge in [0, 0.05) is 31.3 Å². The van der Waals surface area contributed by atoms with Crippen molar-refractivity contribution < 1.29 is 42.3 Å². The Morgan fingerprint density at radius 3 is 2.13 bits per heavy atom. The molecule has 0 heterocycles. The first-order valence-electron chi connectivity index (χ1n) is 14.0. The van der Waals surface area contributed by atoms with Crippen molar-refractivity contribution >= 4 is 23.6 Å². The van der Waals surface area contributed by atoms with Gasteiger partial charge in [-0.15, -0.1) is 0 Å². The van der Waals surface area contributed by atoms with Crippen LogP contribution >= 0.6 is 11.8 Å². The van der Waals surface area contributed by atoms with Crippen LogP contribution in [0, 0.1) is 29.9 Å². The SMILES string of the molecule is CSCC[C@H](NC(=O)c1ccc(CN(Cc2ccc(C#N)cc2)Cc2cc(F)cc(F)c2)cc1-c1ccccc1C)C(=O)[O-].[Li+]. The first-order chi connectivity index (χ1) is 21.2. The van der Waals surface area contributed by atoms with Crippen LogP contribution in [0.3, 0.4) is 0 Å². The van der Waals surface area contributed by atoms with Gasteiger partial charge in [0.15, 0.2) is 0 Å². The average molecular weight is 620 g/mol. The Morgan fingerprint density at radius 1 is 0.889 bits per heavy atom. The molecular formula is C35H32F2LiN3O3S. The van der Waals surface area contributed by atoms with Crippen LogP contribution < -0.4 is 29.3 Å². The number of hydrogen-bond acceptors (Lipinski definition) is 6. The average Bonchev–Trinajstić information content (AvgIpc) is 2.99. The quantitative estimate of drug-likeness (QED) is 0.231. The van der Waals surface area contributed by atoms with Gasteiger partial charge in [-0.3, -0.25) is 9.69 Å². The first-order valence-corrected chi connectivity index (χ1v) is 15.4. The van der Waals surface area contributed by atoms with Gasteiger partial charge < -0.3 is 15.2 Å². The molecule has 6 nitrogen and oxygen atoms in total. The van der Waals surface area contributed by atoms with E-state index in [4.69, 9.17) is 0 Å². The molecule has 0 saturated heterocycles. The molecule has 0 unspecified atom stereocenters. The van der Waals surface area contributed by atoms with Gasteiger partial charge >= 0.3 is 18.9 Å². The summed E-state index contributed by atoms with van der Waals surface area (Å²) in [6.07, 6.45) is 2.09. The maximum Gasteiger partial charge on any atom is 1.00 e. The van der Waals surface area contributed by atoms with Crippen LogP contribution in [0.25, 0.3) is 11.1 Å². The van der Waals surface area contributed by atoms with Crippen molar-refractivity contribution in [2.24, 2.45) is 0 Å². The fourth-order valence-corrected chi connectivity index (χ4v) is 5.51. The number of carbonyl (C=O) groups excluding carboxylic acids is 2.